The van der Waals surface area contributed by atoms with Crippen LogP contribution in [0.4, 0.5) is 0 Å². The van der Waals surface area contributed by atoms with Crippen LogP contribution in [0.3, 0.4) is 0 Å². The van der Waals surface area contributed by atoms with E-state index in [0.29, 0.717) is 24.9 Å². The van der Waals surface area contributed by atoms with Gasteiger partial charge >= 0.3 is 0 Å². The van der Waals surface area contributed by atoms with Crippen LogP contribution in [0.15, 0.2) is 47.4 Å². The summed E-state index contributed by atoms with van der Waals surface area (Å²) in [7, 11) is 0. The van der Waals surface area contributed by atoms with Crippen LogP contribution in [0.25, 0.3) is 0 Å². The molecule has 0 aliphatic carbocycles. The number of benzene rings is 2. The Morgan fingerprint density at radius 1 is 1.04 bits per heavy atom. The van der Waals surface area contributed by atoms with Crippen LogP contribution in [0.1, 0.15) is 33.3 Å². The Labute approximate surface area is 161 Å². The van der Waals surface area contributed by atoms with Crippen LogP contribution >= 0.6 is 11.8 Å². The molecule has 1 atom stereocenters. The second-order valence-corrected chi connectivity index (χ2v) is 7.82. The molecule has 0 spiro atoms. The lowest BCUT2D eigenvalue weighted by Crippen LogP contribution is -2.14. The van der Waals surface area contributed by atoms with Gasteiger partial charge in [-0.15, -0.1) is 11.8 Å². The Kier molecular flexibility index (Phi) is 7.58. The molecule has 0 N–H and O–H groups in total. The van der Waals surface area contributed by atoms with Gasteiger partial charge in [-0.25, -0.2) is 0 Å². The van der Waals surface area contributed by atoms with Crippen molar-refractivity contribution in [3.63, 3.8) is 0 Å². The van der Waals surface area contributed by atoms with E-state index in [0.717, 1.165) is 27.7 Å². The summed E-state index contributed by atoms with van der Waals surface area (Å²) in [4.78, 5) is 12.3. The Bertz CT molecular complexity index is 723. The van der Waals surface area contributed by atoms with Gasteiger partial charge in [0.1, 0.15) is 23.0 Å². The van der Waals surface area contributed by atoms with E-state index in [2.05, 4.69) is 20.8 Å². The van der Waals surface area contributed by atoms with Gasteiger partial charge in [-0.05, 0) is 67.0 Å². The SMILES string of the molecule is CSc1cc(CC(C)=O)ccc1Oc1ccc(OCC(C)C(C)C)cc1. The van der Waals surface area contributed by atoms with Gasteiger partial charge in [0.15, 0.2) is 0 Å². The van der Waals surface area contributed by atoms with Crippen molar-refractivity contribution in [3.8, 4) is 17.2 Å². The highest BCUT2D eigenvalue weighted by molar-refractivity contribution is 7.98. The number of carbonyl (C=O) groups excluding carboxylic acids is 1. The second kappa shape index (κ2) is 9.67. The summed E-state index contributed by atoms with van der Waals surface area (Å²) < 4.78 is 11.9. The van der Waals surface area contributed by atoms with E-state index in [1.807, 2.05) is 48.7 Å². The standard InChI is InChI=1S/C22H28O3S/c1-15(2)16(3)14-24-19-7-9-20(10-8-19)25-21-11-6-18(12-17(4)23)13-22(21)26-5/h6-11,13,15-16H,12,14H2,1-5H3. The molecule has 0 amide bonds. The summed E-state index contributed by atoms with van der Waals surface area (Å²) in [5, 5.41) is 0. The van der Waals surface area contributed by atoms with E-state index in [1.54, 1.807) is 18.7 Å². The zero-order valence-electron chi connectivity index (χ0n) is 16.2. The molecule has 0 radical (unpaired) electrons. The van der Waals surface area contributed by atoms with Gasteiger partial charge in [-0.3, -0.25) is 4.79 Å². The number of ketones is 1. The van der Waals surface area contributed by atoms with E-state index in [9.17, 15) is 4.79 Å². The lowest BCUT2D eigenvalue weighted by atomic mass is 9.99. The minimum atomic E-state index is 0.160. The summed E-state index contributed by atoms with van der Waals surface area (Å²) in [6.45, 7) is 8.93. The molecule has 0 fully saturated rings. The van der Waals surface area contributed by atoms with Gasteiger partial charge in [-0.1, -0.05) is 26.8 Å². The molecule has 140 valence electrons. The van der Waals surface area contributed by atoms with Gasteiger partial charge in [0, 0.05) is 6.42 Å². The van der Waals surface area contributed by atoms with Gasteiger partial charge in [0.25, 0.3) is 0 Å². The van der Waals surface area contributed by atoms with E-state index >= 15 is 0 Å². The first kappa shape index (κ1) is 20.4. The Morgan fingerprint density at radius 3 is 2.27 bits per heavy atom. The first-order chi connectivity index (χ1) is 12.4. The number of thioether (sulfide) groups is 1. The third kappa shape index (κ3) is 6.10. The van der Waals surface area contributed by atoms with Crippen molar-refractivity contribution in [3.05, 3.63) is 48.0 Å². The number of hydrogen-bond acceptors (Lipinski definition) is 4. The van der Waals surface area contributed by atoms with Crippen LogP contribution < -0.4 is 9.47 Å². The quantitative estimate of drug-likeness (QED) is 0.506. The minimum Gasteiger partial charge on any atom is -0.493 e. The fourth-order valence-electron chi connectivity index (χ4n) is 2.34. The van der Waals surface area contributed by atoms with Gasteiger partial charge in [-0.2, -0.15) is 0 Å². The van der Waals surface area contributed by atoms with Crippen LogP contribution in [0.5, 0.6) is 17.2 Å². The van der Waals surface area contributed by atoms with E-state index < -0.39 is 0 Å². The summed E-state index contributed by atoms with van der Waals surface area (Å²) in [5.41, 5.74) is 1.01. The highest BCUT2D eigenvalue weighted by atomic mass is 32.2. The molecule has 2 aromatic carbocycles. The molecule has 1 unspecified atom stereocenters. The molecule has 0 saturated carbocycles. The highest BCUT2D eigenvalue weighted by Gasteiger charge is 2.09. The average Bonchev–Trinajstić information content (AvgIpc) is 2.61. The number of ether oxygens (including phenoxy) is 2. The third-order valence-corrected chi connectivity index (χ3v) is 5.14. The summed E-state index contributed by atoms with van der Waals surface area (Å²) in [6.07, 6.45) is 2.46. The van der Waals surface area contributed by atoms with Crippen molar-refractivity contribution in [1.82, 2.24) is 0 Å². The normalized spacial score (nSPS) is 12.1. The van der Waals surface area contributed by atoms with Crippen molar-refractivity contribution < 1.29 is 14.3 Å². The summed E-state index contributed by atoms with van der Waals surface area (Å²) in [5.74, 6) is 3.70. The fourth-order valence-corrected chi connectivity index (χ4v) is 2.92. The van der Waals surface area contributed by atoms with Crippen molar-refractivity contribution >= 4 is 17.5 Å². The lowest BCUT2D eigenvalue weighted by molar-refractivity contribution is -0.116. The smallest absolute Gasteiger partial charge is 0.140 e. The van der Waals surface area contributed by atoms with Crippen molar-refractivity contribution in [1.29, 1.82) is 0 Å². The van der Waals surface area contributed by atoms with Crippen LogP contribution in [-0.4, -0.2) is 18.6 Å². The molecule has 0 saturated heterocycles. The van der Waals surface area contributed by atoms with Crippen molar-refractivity contribution in [2.75, 3.05) is 12.9 Å². The Morgan fingerprint density at radius 2 is 1.69 bits per heavy atom. The van der Waals surface area contributed by atoms with Crippen molar-refractivity contribution in [2.24, 2.45) is 11.8 Å². The van der Waals surface area contributed by atoms with Crippen LogP contribution in [0, 0.1) is 11.8 Å². The zero-order chi connectivity index (χ0) is 19.1. The zero-order valence-corrected chi connectivity index (χ0v) is 17.1. The first-order valence-corrected chi connectivity index (χ1v) is 10.2. The molecule has 0 aliphatic rings. The highest BCUT2D eigenvalue weighted by Crippen LogP contribution is 2.33. The van der Waals surface area contributed by atoms with Gasteiger partial charge < -0.3 is 9.47 Å². The topological polar surface area (TPSA) is 35.5 Å². The number of Topliss-reactive ketones (excluding diaryl/α,β-unsaturated/α-hetero) is 1. The largest absolute Gasteiger partial charge is 0.493 e. The molecule has 0 bridgehead atoms. The van der Waals surface area contributed by atoms with Crippen LogP contribution in [-0.2, 0) is 11.2 Å². The Hall–Kier alpha value is -1.94. The molecular weight excluding hydrogens is 344 g/mol. The lowest BCUT2D eigenvalue weighted by Gasteiger charge is -2.16. The number of rotatable bonds is 9. The summed E-state index contributed by atoms with van der Waals surface area (Å²) in [6, 6.07) is 13.6. The molecule has 2 aromatic rings. The van der Waals surface area contributed by atoms with Crippen molar-refractivity contribution in [2.45, 2.75) is 39.0 Å². The average molecular weight is 373 g/mol. The molecule has 0 aromatic heterocycles. The minimum absolute atomic E-state index is 0.160. The molecule has 2 rings (SSSR count). The fraction of sp³-hybridized carbons (Fsp3) is 0.409. The maximum atomic E-state index is 11.3. The Balaban J connectivity index is 2.03. The van der Waals surface area contributed by atoms with Gasteiger partial charge in [0.05, 0.1) is 11.5 Å². The molecular formula is C22H28O3S. The maximum absolute atomic E-state index is 11.3. The molecule has 0 aliphatic heterocycles. The van der Waals surface area contributed by atoms with Crippen LogP contribution in [0.2, 0.25) is 0 Å². The molecule has 0 heterocycles. The van der Waals surface area contributed by atoms with E-state index in [1.165, 1.54) is 0 Å². The summed E-state index contributed by atoms with van der Waals surface area (Å²) >= 11 is 1.61. The predicted molar refractivity (Wildman–Crippen MR) is 109 cm³/mol. The molecule has 26 heavy (non-hydrogen) atoms. The first-order valence-electron chi connectivity index (χ1n) is 8.96. The maximum Gasteiger partial charge on any atom is 0.140 e. The predicted octanol–water partition coefficient (Wildman–Crippen LogP) is 6.00. The van der Waals surface area contributed by atoms with E-state index in [4.69, 9.17) is 9.47 Å². The number of hydrogen-bond donors (Lipinski definition) is 0. The second-order valence-electron chi connectivity index (χ2n) is 6.97. The van der Waals surface area contributed by atoms with Gasteiger partial charge in [0.2, 0.25) is 0 Å². The molecule has 3 nitrogen and oxygen atoms in total. The monoisotopic (exact) mass is 372 g/mol. The molecule has 4 heteroatoms. The number of carbonyl (C=O) groups is 1. The van der Waals surface area contributed by atoms with E-state index in [-0.39, 0.29) is 5.78 Å². The third-order valence-electron chi connectivity index (χ3n) is 4.38.